The molecule has 1 aromatic heterocycles. The molecule has 0 aliphatic carbocycles. The zero-order valence-electron chi connectivity index (χ0n) is 53.5. The Labute approximate surface area is 325 Å². The summed E-state index contributed by atoms with van der Waals surface area (Å²) in [6.45, 7) is 0. The molecule has 1 heteroatoms. The number of benzene rings is 9. The molecule has 0 radical (unpaired) electrons. The third-order valence-corrected chi connectivity index (χ3v) is 7.95. The van der Waals surface area contributed by atoms with Crippen molar-refractivity contribution in [1.82, 2.24) is 0 Å². The number of furan rings is 1. The predicted octanol–water partition coefficient (Wildman–Crippen LogP) is 13.7. The molecule has 9 aromatic carbocycles. The Hall–Kier alpha value is -6.44. The summed E-state index contributed by atoms with van der Waals surface area (Å²) in [5, 5.41) is -5.30. The van der Waals surface area contributed by atoms with Gasteiger partial charge in [0.2, 0.25) is 0 Å². The maximum Gasteiger partial charge on any atom is 0.136 e. The van der Waals surface area contributed by atoms with Crippen molar-refractivity contribution in [1.29, 1.82) is 0 Å². The van der Waals surface area contributed by atoms with Crippen molar-refractivity contribution >= 4 is 54.3 Å². The first-order chi connectivity index (χ1) is 36.4. The molecule has 0 spiro atoms. The smallest absolute Gasteiger partial charge is 0.136 e. The fourth-order valence-electron chi connectivity index (χ4n) is 5.94. The van der Waals surface area contributed by atoms with Crippen LogP contribution >= 0.6 is 0 Å². The summed E-state index contributed by atoms with van der Waals surface area (Å²) in [6.07, 6.45) is 0. The Morgan fingerprint density at radius 2 is 0.959 bits per heavy atom. The quantitative estimate of drug-likeness (QED) is 0.173. The van der Waals surface area contributed by atoms with Gasteiger partial charge in [0.1, 0.15) is 11.2 Å². The van der Waals surface area contributed by atoms with E-state index in [0.29, 0.717) is 0 Å². The Balaban J connectivity index is 1.55. The van der Waals surface area contributed by atoms with Crippen LogP contribution in [0.2, 0.25) is 0 Å². The van der Waals surface area contributed by atoms with E-state index in [1.54, 1.807) is 0 Å². The molecule has 0 unspecified atom stereocenters. The highest BCUT2D eigenvalue weighted by molar-refractivity contribution is 6.26. The Morgan fingerprint density at radius 1 is 0.347 bits per heavy atom. The molecule has 0 bridgehead atoms. The molecule has 0 amide bonds. The molecule has 0 saturated carbocycles. The van der Waals surface area contributed by atoms with Crippen LogP contribution in [-0.4, -0.2) is 0 Å². The van der Waals surface area contributed by atoms with Crippen LogP contribution in [0.1, 0.15) is 39.8 Å². The normalized spacial score (nSPS) is 20.0. The van der Waals surface area contributed by atoms with Crippen molar-refractivity contribution in [3.05, 3.63) is 181 Å². The van der Waals surface area contributed by atoms with Crippen molar-refractivity contribution in [2.75, 3.05) is 0 Å². The summed E-state index contributed by atoms with van der Waals surface area (Å²) >= 11 is 0. The van der Waals surface area contributed by atoms with E-state index >= 15 is 0 Å². The molecule has 0 fully saturated rings. The van der Waals surface area contributed by atoms with Gasteiger partial charge in [0.15, 0.2) is 0 Å². The van der Waals surface area contributed by atoms with Gasteiger partial charge in [0.05, 0.1) is 39.8 Å². The van der Waals surface area contributed by atoms with Crippen LogP contribution in [0.3, 0.4) is 0 Å². The first-order valence-electron chi connectivity index (χ1n) is 29.0. The van der Waals surface area contributed by atoms with Crippen LogP contribution < -0.4 is 0 Å². The van der Waals surface area contributed by atoms with Gasteiger partial charge in [-0.3, -0.25) is 0 Å². The predicted molar refractivity (Wildman–Crippen MR) is 208 cm³/mol. The first kappa shape index (κ1) is 11.3. The maximum atomic E-state index is 10.1. The molecular weight excluding hydrogens is 593 g/mol. The third kappa shape index (κ3) is 4.40. The molecule has 10 rings (SSSR count). The first-order valence-corrected chi connectivity index (χ1v) is 14.5. The van der Waals surface area contributed by atoms with E-state index in [0.717, 1.165) is 6.07 Å². The van der Waals surface area contributed by atoms with Crippen molar-refractivity contribution in [2.24, 2.45) is 0 Å². The number of hydrogen-bond donors (Lipinski definition) is 0. The minimum atomic E-state index is -1.14. The van der Waals surface area contributed by atoms with Crippen molar-refractivity contribution < 1.29 is 44.2 Å². The van der Waals surface area contributed by atoms with E-state index < -0.39 is 274 Å². The highest BCUT2D eigenvalue weighted by Crippen LogP contribution is 2.48. The molecular formula is C48H30O. The lowest BCUT2D eigenvalue weighted by molar-refractivity contribution is 0.669. The fourth-order valence-corrected chi connectivity index (χ4v) is 5.94. The molecule has 0 N–H and O–H groups in total. The van der Waals surface area contributed by atoms with Gasteiger partial charge in [-0.25, -0.2) is 0 Å². The Bertz CT molecular complexity index is 4430. The van der Waals surface area contributed by atoms with Gasteiger partial charge in [-0.15, -0.1) is 0 Å². The monoisotopic (exact) mass is 651 g/mol. The van der Waals surface area contributed by atoms with Crippen molar-refractivity contribution in [2.45, 2.75) is 0 Å². The maximum absolute atomic E-state index is 10.1. The Morgan fingerprint density at radius 3 is 1.69 bits per heavy atom. The number of rotatable bonds is 4. The van der Waals surface area contributed by atoms with E-state index in [9.17, 15) is 13.7 Å². The molecule has 0 aliphatic heterocycles. The van der Waals surface area contributed by atoms with Gasteiger partial charge in [-0.2, -0.15) is 0 Å². The van der Waals surface area contributed by atoms with E-state index in [1.807, 2.05) is 0 Å². The molecule has 0 aliphatic rings. The second kappa shape index (κ2) is 11.1. The highest BCUT2D eigenvalue weighted by Gasteiger charge is 2.21. The van der Waals surface area contributed by atoms with Crippen molar-refractivity contribution in [3.8, 4) is 44.5 Å². The lowest BCUT2D eigenvalue weighted by Gasteiger charge is -2.19. The van der Waals surface area contributed by atoms with Crippen molar-refractivity contribution in [3.63, 3.8) is 0 Å². The van der Waals surface area contributed by atoms with E-state index in [1.165, 1.54) is 0 Å². The van der Waals surface area contributed by atoms with E-state index in [-0.39, 0.29) is 0 Å². The topological polar surface area (TPSA) is 13.1 Å². The molecule has 1 heterocycles. The average molecular weight is 652 g/mol. The molecule has 1 nitrogen and oxygen atoms in total. The minimum Gasteiger partial charge on any atom is -0.456 e. The van der Waals surface area contributed by atoms with Gasteiger partial charge in [-0.05, 0) is 101 Å². The highest BCUT2D eigenvalue weighted by atomic mass is 16.3. The second-order valence-corrected chi connectivity index (χ2v) is 10.6. The minimum absolute atomic E-state index is 0.500. The van der Waals surface area contributed by atoms with Crippen LogP contribution in [0, 0.1) is 0 Å². The zero-order valence-corrected chi connectivity index (χ0v) is 24.5. The third-order valence-electron chi connectivity index (χ3n) is 7.95. The largest absolute Gasteiger partial charge is 0.456 e. The fraction of sp³-hybridized carbons (Fsp3) is 0. The van der Waals surface area contributed by atoms with Crippen LogP contribution in [0.5, 0.6) is 0 Å². The van der Waals surface area contributed by atoms with Crippen LogP contribution in [0.25, 0.3) is 98.8 Å². The molecule has 49 heavy (non-hydrogen) atoms. The second-order valence-electron chi connectivity index (χ2n) is 10.6. The van der Waals surface area contributed by atoms with Gasteiger partial charge in [-0.1, -0.05) is 157 Å². The van der Waals surface area contributed by atoms with Crippen LogP contribution in [0.15, 0.2) is 186 Å². The standard InChI is InChI=1S/C48H30O/c1-3-14-31(15-4-1)36-27-26-35(29-42(36)32-16-5-2-6-17-32)46-37-20-9-11-22-39(37)47(40-23-12-10-21-38(40)46)41-24-13-25-44-48(41)43-28-33-18-7-8-19-34(33)30-45(43)49-44/h1-30H/i1D,2D,3D,4D,5D,6D,7D,8D,9D,10D,11D,12D,13D,14D,15D,16D,18D,19D,20D,21D,22D,23D,24D,25D,26D,27D,28D,29D,30D. The lowest BCUT2D eigenvalue weighted by Crippen LogP contribution is -1.93. The molecule has 0 atom stereocenters. The summed E-state index contributed by atoms with van der Waals surface area (Å²) < 4.78 is 268. The summed E-state index contributed by atoms with van der Waals surface area (Å²) in [5.74, 6) is 0. The van der Waals surface area contributed by atoms with Gasteiger partial charge < -0.3 is 4.42 Å². The van der Waals surface area contributed by atoms with Gasteiger partial charge in [0, 0.05) is 10.8 Å². The Kier molecular flexibility index (Phi) is 2.56. The summed E-state index contributed by atoms with van der Waals surface area (Å²) in [5.41, 5.74) is -7.56. The summed E-state index contributed by atoms with van der Waals surface area (Å²) in [4.78, 5) is 0. The van der Waals surface area contributed by atoms with E-state index in [2.05, 4.69) is 0 Å². The van der Waals surface area contributed by atoms with Crippen LogP contribution in [-0.2, 0) is 0 Å². The lowest BCUT2D eigenvalue weighted by atomic mass is 9.83. The van der Waals surface area contributed by atoms with E-state index in [4.69, 9.17) is 30.5 Å². The number of fused-ring (bicyclic) bond motifs is 6. The van der Waals surface area contributed by atoms with Gasteiger partial charge >= 0.3 is 0 Å². The molecule has 0 saturated heterocycles. The summed E-state index contributed by atoms with van der Waals surface area (Å²) in [7, 11) is 0. The molecule has 10 aromatic rings. The zero-order chi connectivity index (χ0) is 57.5. The average Bonchev–Trinajstić information content (AvgIpc) is 3.98. The summed E-state index contributed by atoms with van der Waals surface area (Å²) in [6, 6.07) is -26.5. The molecule has 228 valence electrons. The number of hydrogen-bond acceptors (Lipinski definition) is 1. The SMILES string of the molecule is [2H]c1cc(-c2c([2H])c(-c3c4c([2H])c([2H])c([2H])c([2H])c4c(-c4c([2H])c([2H])c([2H])c5oc6c([2H])c7c([2H])c([2H])c([2H])c([2H])c7c([2H])c6c45)c4c([2H])c([2H])c([2H])c([2H])c34)c([2H])c([2H])c2-c2c([2H])c([2H])c([2H])c([2H])c2[2H])c([2H])c([2H])c1[2H]. The van der Waals surface area contributed by atoms with Crippen LogP contribution in [0.4, 0.5) is 0 Å². The van der Waals surface area contributed by atoms with Gasteiger partial charge in [0.25, 0.3) is 0 Å².